The molecule has 0 radical (unpaired) electrons. The molecule has 0 aliphatic heterocycles. The van der Waals surface area contributed by atoms with Crippen LogP contribution < -0.4 is 0 Å². The van der Waals surface area contributed by atoms with Crippen molar-refractivity contribution >= 4 is 29.5 Å². The molecule has 0 aromatic heterocycles. The molecule has 0 N–H and O–H groups in total. The largest absolute Gasteiger partial charge is 0.469 e. The Hall–Kier alpha value is 0.170. The summed E-state index contributed by atoms with van der Waals surface area (Å²) in [6.45, 7) is 2.30. The fraction of sp³-hybridized carbons (Fsp3) is 0.963. The summed E-state index contributed by atoms with van der Waals surface area (Å²) in [5.41, 5.74) is 0. The minimum absolute atomic E-state index is 0.0642. The molecule has 4 heteroatoms. The first-order chi connectivity index (χ1) is 15.2. The maximum absolute atomic E-state index is 11.1. The van der Waals surface area contributed by atoms with Gasteiger partial charge in [0.1, 0.15) is 0 Å². The van der Waals surface area contributed by atoms with Crippen LogP contribution in [0.15, 0.2) is 0 Å². The van der Waals surface area contributed by atoms with Gasteiger partial charge >= 0.3 is 5.97 Å². The first kappa shape index (κ1) is 31.2. The highest BCUT2D eigenvalue weighted by molar-refractivity contribution is 8.03. The van der Waals surface area contributed by atoms with E-state index in [0.717, 1.165) is 16.9 Å². The van der Waals surface area contributed by atoms with E-state index in [0.29, 0.717) is 6.42 Å². The lowest BCUT2D eigenvalue weighted by molar-refractivity contribution is -0.140. The molecule has 2 nitrogen and oxygen atoms in total. The summed E-state index contributed by atoms with van der Waals surface area (Å²) in [4.78, 5) is 11.1. The van der Waals surface area contributed by atoms with Gasteiger partial charge in [0.15, 0.2) is 0 Å². The summed E-state index contributed by atoms with van der Waals surface area (Å²) < 4.78 is 4.68. The topological polar surface area (TPSA) is 26.3 Å². The third kappa shape index (κ3) is 20.5. The summed E-state index contributed by atoms with van der Waals surface area (Å²) in [5.74, 6) is -0.0642. The van der Waals surface area contributed by atoms with E-state index in [1.807, 2.05) is 0 Å². The number of esters is 1. The van der Waals surface area contributed by atoms with E-state index in [9.17, 15) is 4.79 Å². The maximum Gasteiger partial charge on any atom is 0.305 e. The van der Waals surface area contributed by atoms with Crippen LogP contribution in [0.3, 0.4) is 0 Å². The molecule has 0 rings (SSSR count). The number of methoxy groups -OCH3 is 1. The number of carbonyl (C=O) groups excluding carboxylic acids is 1. The van der Waals surface area contributed by atoms with Crippen molar-refractivity contribution in [2.45, 2.75) is 146 Å². The van der Waals surface area contributed by atoms with Crippen LogP contribution in [0.25, 0.3) is 0 Å². The highest BCUT2D eigenvalue weighted by atomic mass is 32.2. The van der Waals surface area contributed by atoms with E-state index in [-0.39, 0.29) is 5.97 Å². The van der Waals surface area contributed by atoms with Gasteiger partial charge in [0, 0.05) is 16.9 Å². The lowest BCUT2D eigenvalue weighted by atomic mass is 10.0. The van der Waals surface area contributed by atoms with Gasteiger partial charge in [0.05, 0.1) is 7.11 Å². The van der Waals surface area contributed by atoms with Crippen molar-refractivity contribution in [3.8, 4) is 0 Å². The molecule has 0 bridgehead atoms. The Balaban J connectivity index is 3.55. The average molecular weight is 475 g/mol. The summed E-state index contributed by atoms with van der Waals surface area (Å²) in [7, 11) is 1.47. The minimum Gasteiger partial charge on any atom is -0.469 e. The molecule has 186 valence electrons. The zero-order valence-corrected chi connectivity index (χ0v) is 23.1. The second-order valence-electron chi connectivity index (χ2n) is 9.11. The molecule has 0 saturated carbocycles. The predicted octanol–water partition coefficient (Wildman–Crippen LogP) is 9.44. The van der Waals surface area contributed by atoms with Gasteiger partial charge in [0.2, 0.25) is 0 Å². The molecule has 2 atom stereocenters. The molecule has 0 fully saturated rings. The molecule has 0 aromatic carbocycles. The lowest BCUT2D eigenvalue weighted by Crippen LogP contribution is -2.19. The third-order valence-corrected chi connectivity index (χ3v) is 8.97. The molecule has 0 aromatic rings. The van der Waals surface area contributed by atoms with Crippen molar-refractivity contribution in [3.05, 3.63) is 0 Å². The Morgan fingerprint density at radius 1 is 0.613 bits per heavy atom. The smallest absolute Gasteiger partial charge is 0.305 e. The van der Waals surface area contributed by atoms with Gasteiger partial charge < -0.3 is 4.74 Å². The lowest BCUT2D eigenvalue weighted by Gasteiger charge is -2.24. The van der Waals surface area contributed by atoms with Crippen LogP contribution in [-0.4, -0.2) is 36.1 Å². The van der Waals surface area contributed by atoms with E-state index >= 15 is 0 Å². The van der Waals surface area contributed by atoms with Crippen LogP contribution in [-0.2, 0) is 9.53 Å². The van der Waals surface area contributed by atoms with Crippen LogP contribution in [0.5, 0.6) is 0 Å². The predicted molar refractivity (Wildman–Crippen MR) is 145 cm³/mol. The summed E-state index contributed by atoms with van der Waals surface area (Å²) in [6, 6.07) is 0. The zero-order valence-electron chi connectivity index (χ0n) is 21.4. The molecule has 0 saturated heterocycles. The number of hydrogen-bond donors (Lipinski definition) is 0. The first-order valence-electron chi connectivity index (χ1n) is 13.3. The van der Waals surface area contributed by atoms with Crippen molar-refractivity contribution in [1.29, 1.82) is 0 Å². The number of hydrogen-bond acceptors (Lipinski definition) is 4. The van der Waals surface area contributed by atoms with Gasteiger partial charge in [-0.2, -0.15) is 23.5 Å². The van der Waals surface area contributed by atoms with Crippen molar-refractivity contribution < 1.29 is 9.53 Å². The minimum atomic E-state index is -0.0642. The van der Waals surface area contributed by atoms with E-state index in [2.05, 4.69) is 47.7 Å². The highest BCUT2D eigenvalue weighted by Gasteiger charge is 2.19. The zero-order chi connectivity index (χ0) is 23.0. The van der Waals surface area contributed by atoms with E-state index < -0.39 is 0 Å². The van der Waals surface area contributed by atoms with Gasteiger partial charge in [-0.05, 0) is 31.8 Å². The Morgan fingerprint density at radius 2 is 0.968 bits per heavy atom. The summed E-state index contributed by atoms with van der Waals surface area (Å²) in [5, 5.41) is 1.71. The Labute approximate surface area is 204 Å². The fourth-order valence-electron chi connectivity index (χ4n) is 4.34. The monoisotopic (exact) mass is 474 g/mol. The molecule has 2 unspecified atom stereocenters. The van der Waals surface area contributed by atoms with Crippen LogP contribution in [0.1, 0.15) is 135 Å². The highest BCUT2D eigenvalue weighted by Crippen LogP contribution is 2.30. The van der Waals surface area contributed by atoms with E-state index in [4.69, 9.17) is 0 Å². The van der Waals surface area contributed by atoms with Gasteiger partial charge in [-0.15, -0.1) is 0 Å². The number of rotatable bonds is 24. The Morgan fingerprint density at radius 3 is 1.32 bits per heavy atom. The Kier molecular flexibility index (Phi) is 24.9. The Bertz CT molecular complexity index is 376. The van der Waals surface area contributed by atoms with Crippen LogP contribution in [0.4, 0.5) is 0 Å². The van der Waals surface area contributed by atoms with Gasteiger partial charge in [-0.1, -0.05) is 110 Å². The van der Waals surface area contributed by atoms with Gasteiger partial charge in [-0.3, -0.25) is 4.79 Å². The fourth-order valence-corrected chi connectivity index (χ4v) is 6.70. The number of unbranched alkanes of at least 4 members (excludes halogenated alkanes) is 15. The summed E-state index contributed by atoms with van der Waals surface area (Å²) >= 11 is 4.23. The molecule has 0 aliphatic rings. The molecule has 0 amide bonds. The van der Waals surface area contributed by atoms with Crippen molar-refractivity contribution in [3.63, 3.8) is 0 Å². The maximum atomic E-state index is 11.1. The van der Waals surface area contributed by atoms with E-state index in [1.54, 1.807) is 0 Å². The number of ether oxygens (including phenoxy) is 1. The SMILES string of the molecule is CCCCCCCCC(SC)C(CCCCCCCCCCCCCC(=O)OC)SC. The molecule has 31 heavy (non-hydrogen) atoms. The normalized spacial score (nSPS) is 13.3. The van der Waals surface area contributed by atoms with Crippen molar-refractivity contribution in [1.82, 2.24) is 0 Å². The molecule has 0 spiro atoms. The van der Waals surface area contributed by atoms with Crippen molar-refractivity contribution in [2.75, 3.05) is 19.6 Å². The quantitative estimate of drug-likeness (QED) is 0.103. The first-order valence-corrected chi connectivity index (χ1v) is 15.9. The van der Waals surface area contributed by atoms with Gasteiger partial charge in [0.25, 0.3) is 0 Å². The average Bonchev–Trinajstić information content (AvgIpc) is 2.79. The van der Waals surface area contributed by atoms with Crippen LogP contribution in [0, 0.1) is 0 Å². The summed E-state index contributed by atoms with van der Waals surface area (Å²) in [6.07, 6.45) is 31.1. The van der Waals surface area contributed by atoms with Crippen molar-refractivity contribution in [2.24, 2.45) is 0 Å². The second kappa shape index (κ2) is 24.8. The van der Waals surface area contributed by atoms with Crippen LogP contribution in [0.2, 0.25) is 0 Å². The molecule has 0 heterocycles. The van der Waals surface area contributed by atoms with Gasteiger partial charge in [-0.25, -0.2) is 0 Å². The number of carbonyl (C=O) groups is 1. The standard InChI is InChI=1S/C27H54O2S2/c1-5-6-7-8-16-19-22-25(30-3)26(31-4)23-20-17-14-12-10-9-11-13-15-18-21-24-27(28)29-2/h25-26H,5-24H2,1-4H3. The molecule has 0 aliphatic carbocycles. The van der Waals surface area contributed by atoms with Crippen LogP contribution >= 0.6 is 23.5 Å². The number of thioether (sulfide) groups is 2. The van der Waals surface area contributed by atoms with E-state index in [1.165, 1.54) is 123 Å². The molecular formula is C27H54O2S2. The second-order valence-corrected chi connectivity index (χ2v) is 11.3. The third-order valence-electron chi connectivity index (χ3n) is 6.46. The molecular weight excluding hydrogens is 420 g/mol.